The van der Waals surface area contributed by atoms with Crippen LogP contribution in [0.3, 0.4) is 0 Å². The van der Waals surface area contributed by atoms with Crippen molar-refractivity contribution in [3.63, 3.8) is 0 Å². The number of allylic oxidation sites excluding steroid dienone is 2. The van der Waals surface area contributed by atoms with Crippen LogP contribution in [0, 0.1) is 11.7 Å². The Kier molecular flexibility index (Phi) is 5.44. The van der Waals surface area contributed by atoms with Crippen LogP contribution in [0.25, 0.3) is 0 Å². The van der Waals surface area contributed by atoms with E-state index in [1.54, 1.807) is 0 Å². The molecule has 3 nitrogen and oxygen atoms in total. The lowest BCUT2D eigenvalue weighted by Gasteiger charge is -2.27. The summed E-state index contributed by atoms with van der Waals surface area (Å²) < 4.78 is 13.0. The third-order valence-electron chi connectivity index (χ3n) is 4.84. The van der Waals surface area contributed by atoms with E-state index in [4.69, 9.17) is 0 Å². The quantitative estimate of drug-likeness (QED) is 0.800. The van der Waals surface area contributed by atoms with Crippen molar-refractivity contribution in [1.29, 1.82) is 0 Å². The van der Waals surface area contributed by atoms with E-state index in [1.807, 2.05) is 12.1 Å². The molecular weight excluding hydrogens is 291 g/mol. The van der Waals surface area contributed by atoms with Gasteiger partial charge in [-0.15, -0.1) is 0 Å². The fourth-order valence-electron chi connectivity index (χ4n) is 3.47. The van der Waals surface area contributed by atoms with Gasteiger partial charge in [0.05, 0.1) is 0 Å². The first kappa shape index (κ1) is 16.2. The summed E-state index contributed by atoms with van der Waals surface area (Å²) in [6, 6.07) is 6.72. The molecule has 1 aliphatic carbocycles. The van der Waals surface area contributed by atoms with Crippen LogP contribution in [-0.2, 0) is 11.3 Å². The lowest BCUT2D eigenvalue weighted by Crippen LogP contribution is -2.39. The molecule has 0 radical (unpaired) electrons. The molecule has 1 fully saturated rings. The molecule has 0 N–H and O–H groups in total. The topological polar surface area (TPSA) is 23.6 Å². The van der Waals surface area contributed by atoms with Crippen LogP contribution in [0.2, 0.25) is 0 Å². The molecule has 0 spiro atoms. The van der Waals surface area contributed by atoms with Crippen molar-refractivity contribution < 1.29 is 9.18 Å². The first-order chi connectivity index (χ1) is 11.2. The highest BCUT2D eigenvalue weighted by Crippen LogP contribution is 2.21. The zero-order chi connectivity index (χ0) is 16.1. The van der Waals surface area contributed by atoms with E-state index in [0.717, 1.165) is 64.0 Å². The molecule has 4 heteroatoms. The number of amides is 1. The minimum absolute atomic E-state index is 0.184. The molecule has 1 atom stereocenters. The summed E-state index contributed by atoms with van der Waals surface area (Å²) in [6.07, 6.45) is 8.25. The van der Waals surface area contributed by atoms with Gasteiger partial charge in [0.2, 0.25) is 5.91 Å². The average Bonchev–Trinajstić information content (AvgIpc) is 2.83. The minimum atomic E-state index is -0.192. The Morgan fingerprint density at radius 1 is 1.09 bits per heavy atom. The standard InChI is InChI=1S/C19H25FN2O/c20-18-9-7-16(8-10-18)15-21-11-4-12-22(14-13-21)19(23)17-5-2-1-3-6-17/h1-2,7-10,17H,3-6,11-15H2. The maximum Gasteiger partial charge on any atom is 0.226 e. The highest BCUT2D eigenvalue weighted by atomic mass is 19.1. The summed E-state index contributed by atoms with van der Waals surface area (Å²) in [7, 11) is 0. The Labute approximate surface area is 137 Å². The summed E-state index contributed by atoms with van der Waals surface area (Å²) in [5.41, 5.74) is 1.13. The molecule has 1 aromatic rings. The Morgan fingerprint density at radius 3 is 2.65 bits per heavy atom. The molecule has 1 aromatic carbocycles. The van der Waals surface area contributed by atoms with Gasteiger partial charge in [0.25, 0.3) is 0 Å². The van der Waals surface area contributed by atoms with Gasteiger partial charge in [0, 0.05) is 38.6 Å². The highest BCUT2D eigenvalue weighted by molar-refractivity contribution is 5.79. The summed E-state index contributed by atoms with van der Waals surface area (Å²) >= 11 is 0. The van der Waals surface area contributed by atoms with E-state index in [1.165, 1.54) is 12.1 Å². The van der Waals surface area contributed by atoms with E-state index in [0.29, 0.717) is 5.91 Å². The maximum atomic E-state index is 13.0. The van der Waals surface area contributed by atoms with Crippen LogP contribution in [0.1, 0.15) is 31.2 Å². The van der Waals surface area contributed by atoms with Gasteiger partial charge in [0.15, 0.2) is 0 Å². The maximum absolute atomic E-state index is 13.0. The largest absolute Gasteiger partial charge is 0.341 e. The van der Waals surface area contributed by atoms with Crippen molar-refractivity contribution in [2.45, 2.75) is 32.2 Å². The van der Waals surface area contributed by atoms with E-state index >= 15 is 0 Å². The first-order valence-electron chi connectivity index (χ1n) is 8.63. The molecule has 0 saturated carbocycles. The van der Waals surface area contributed by atoms with Gasteiger partial charge in [-0.05, 0) is 43.4 Å². The molecule has 1 amide bonds. The van der Waals surface area contributed by atoms with Gasteiger partial charge in [-0.1, -0.05) is 24.3 Å². The second-order valence-corrected chi connectivity index (χ2v) is 6.56. The molecule has 0 bridgehead atoms. The van der Waals surface area contributed by atoms with Gasteiger partial charge in [-0.3, -0.25) is 9.69 Å². The van der Waals surface area contributed by atoms with Crippen LogP contribution < -0.4 is 0 Å². The van der Waals surface area contributed by atoms with Crippen molar-refractivity contribution >= 4 is 5.91 Å². The molecule has 23 heavy (non-hydrogen) atoms. The van der Waals surface area contributed by atoms with Crippen molar-refractivity contribution in [2.24, 2.45) is 5.92 Å². The lowest BCUT2D eigenvalue weighted by atomic mass is 9.93. The van der Waals surface area contributed by atoms with Crippen LogP contribution in [0.15, 0.2) is 36.4 Å². The lowest BCUT2D eigenvalue weighted by molar-refractivity contribution is -0.135. The van der Waals surface area contributed by atoms with Gasteiger partial charge >= 0.3 is 0 Å². The number of hydrogen-bond acceptors (Lipinski definition) is 2. The van der Waals surface area contributed by atoms with E-state index < -0.39 is 0 Å². The molecule has 3 rings (SSSR count). The van der Waals surface area contributed by atoms with Crippen LogP contribution in [-0.4, -0.2) is 41.9 Å². The fraction of sp³-hybridized carbons (Fsp3) is 0.526. The Morgan fingerprint density at radius 2 is 1.91 bits per heavy atom. The number of nitrogens with zero attached hydrogens (tertiary/aromatic N) is 2. The zero-order valence-electron chi connectivity index (χ0n) is 13.6. The van der Waals surface area contributed by atoms with E-state index in [-0.39, 0.29) is 11.7 Å². The molecule has 1 aliphatic heterocycles. The molecule has 0 aromatic heterocycles. The summed E-state index contributed by atoms with van der Waals surface area (Å²) in [5.74, 6) is 0.324. The van der Waals surface area contributed by atoms with Gasteiger partial charge in [0.1, 0.15) is 5.82 Å². The van der Waals surface area contributed by atoms with Crippen LogP contribution >= 0.6 is 0 Å². The van der Waals surface area contributed by atoms with Gasteiger partial charge < -0.3 is 4.90 Å². The molecule has 2 aliphatic rings. The van der Waals surface area contributed by atoms with Crippen molar-refractivity contribution in [3.05, 3.63) is 47.8 Å². The zero-order valence-corrected chi connectivity index (χ0v) is 13.6. The van der Waals surface area contributed by atoms with Crippen LogP contribution in [0.5, 0.6) is 0 Å². The van der Waals surface area contributed by atoms with Gasteiger partial charge in [-0.2, -0.15) is 0 Å². The first-order valence-corrected chi connectivity index (χ1v) is 8.63. The van der Waals surface area contributed by atoms with Crippen molar-refractivity contribution in [3.8, 4) is 0 Å². The monoisotopic (exact) mass is 316 g/mol. The fourth-order valence-corrected chi connectivity index (χ4v) is 3.47. The van der Waals surface area contributed by atoms with Crippen molar-refractivity contribution in [2.75, 3.05) is 26.2 Å². The third-order valence-corrected chi connectivity index (χ3v) is 4.84. The normalized spacial score (nSPS) is 22.8. The smallest absolute Gasteiger partial charge is 0.226 e. The third kappa shape index (κ3) is 4.41. The molecule has 1 saturated heterocycles. The predicted octanol–water partition coefficient (Wildman–Crippen LogP) is 3.22. The van der Waals surface area contributed by atoms with Gasteiger partial charge in [-0.25, -0.2) is 4.39 Å². The van der Waals surface area contributed by atoms with E-state index in [9.17, 15) is 9.18 Å². The highest BCUT2D eigenvalue weighted by Gasteiger charge is 2.26. The number of carbonyl (C=O) groups is 1. The molecule has 124 valence electrons. The molecular formula is C19H25FN2O. The molecule has 1 heterocycles. The Balaban J connectivity index is 1.53. The number of carbonyl (C=O) groups excluding carboxylic acids is 1. The number of halogens is 1. The predicted molar refractivity (Wildman–Crippen MR) is 89.4 cm³/mol. The number of rotatable bonds is 3. The summed E-state index contributed by atoms with van der Waals surface area (Å²) in [6.45, 7) is 4.38. The Bertz CT molecular complexity index is 555. The van der Waals surface area contributed by atoms with E-state index in [2.05, 4.69) is 22.0 Å². The number of benzene rings is 1. The number of hydrogen-bond donors (Lipinski definition) is 0. The average molecular weight is 316 g/mol. The summed E-state index contributed by atoms with van der Waals surface area (Å²) in [5, 5.41) is 0. The van der Waals surface area contributed by atoms with Crippen molar-refractivity contribution in [1.82, 2.24) is 9.80 Å². The Hall–Kier alpha value is -1.68. The summed E-state index contributed by atoms with van der Waals surface area (Å²) in [4.78, 5) is 17.1. The second kappa shape index (κ2) is 7.73. The SMILES string of the molecule is O=C(C1CC=CCC1)N1CCCN(Cc2ccc(F)cc2)CC1. The molecule has 1 unspecified atom stereocenters. The second-order valence-electron chi connectivity index (χ2n) is 6.56. The van der Waals surface area contributed by atoms with Crippen LogP contribution in [0.4, 0.5) is 4.39 Å². The minimum Gasteiger partial charge on any atom is -0.341 e.